The fourth-order valence-electron chi connectivity index (χ4n) is 2.07. The monoisotopic (exact) mass is 282 g/mol. The molecular formula is C14H20BFO2S. The Morgan fingerprint density at radius 3 is 2.11 bits per heavy atom. The van der Waals surface area contributed by atoms with Crippen LogP contribution < -0.4 is 5.46 Å². The van der Waals surface area contributed by atoms with Crippen LogP contribution in [0.3, 0.4) is 0 Å². The summed E-state index contributed by atoms with van der Waals surface area (Å²) in [6, 6.07) is 3.67. The third kappa shape index (κ3) is 2.44. The molecule has 0 unspecified atom stereocenters. The van der Waals surface area contributed by atoms with Crippen LogP contribution in [0.2, 0.25) is 0 Å². The number of thioether (sulfide) groups is 1. The summed E-state index contributed by atoms with van der Waals surface area (Å²) in [7, 11) is -0.642. The highest BCUT2D eigenvalue weighted by Gasteiger charge is 2.52. The highest BCUT2D eigenvalue weighted by Crippen LogP contribution is 2.37. The molecule has 0 radical (unpaired) electrons. The minimum Gasteiger partial charge on any atom is -0.399 e. The van der Waals surface area contributed by atoms with E-state index < -0.39 is 18.3 Å². The zero-order valence-corrected chi connectivity index (χ0v) is 13.2. The van der Waals surface area contributed by atoms with Crippen LogP contribution in [0.4, 0.5) is 4.39 Å². The fraction of sp³-hybridized carbons (Fsp3) is 0.571. The van der Waals surface area contributed by atoms with E-state index in [9.17, 15) is 4.39 Å². The molecular weight excluding hydrogens is 262 g/mol. The lowest BCUT2D eigenvalue weighted by atomic mass is 9.78. The predicted octanol–water partition coefficient (Wildman–Crippen LogP) is 3.16. The van der Waals surface area contributed by atoms with Crippen molar-refractivity contribution in [2.75, 3.05) is 6.26 Å². The molecule has 0 bridgehead atoms. The van der Waals surface area contributed by atoms with Gasteiger partial charge in [-0.2, -0.15) is 0 Å². The quantitative estimate of drug-likeness (QED) is 0.613. The third-order valence-corrected chi connectivity index (χ3v) is 4.94. The van der Waals surface area contributed by atoms with Gasteiger partial charge in [-0.05, 0) is 46.4 Å². The molecule has 104 valence electrons. The molecule has 0 aromatic heterocycles. The first-order valence-electron chi connectivity index (χ1n) is 6.38. The minimum absolute atomic E-state index is 0.231. The second-order valence-electron chi connectivity index (χ2n) is 5.91. The third-order valence-electron chi connectivity index (χ3n) is 4.04. The number of benzene rings is 1. The van der Waals surface area contributed by atoms with Gasteiger partial charge in [0.1, 0.15) is 5.82 Å². The van der Waals surface area contributed by atoms with Crippen LogP contribution in [-0.4, -0.2) is 24.6 Å². The van der Waals surface area contributed by atoms with Crippen molar-refractivity contribution in [3.63, 3.8) is 0 Å². The van der Waals surface area contributed by atoms with E-state index in [4.69, 9.17) is 9.31 Å². The maximum Gasteiger partial charge on any atom is 0.497 e. The lowest BCUT2D eigenvalue weighted by molar-refractivity contribution is 0.00578. The van der Waals surface area contributed by atoms with E-state index in [0.717, 1.165) is 5.56 Å². The number of hydrogen-bond acceptors (Lipinski definition) is 3. The first-order valence-corrected chi connectivity index (χ1v) is 7.61. The second kappa shape index (κ2) is 4.79. The molecule has 0 amide bonds. The number of aryl methyl sites for hydroxylation is 1. The normalized spacial score (nSPS) is 20.9. The first kappa shape index (κ1) is 14.9. The minimum atomic E-state index is -0.642. The molecule has 0 N–H and O–H groups in total. The van der Waals surface area contributed by atoms with Crippen LogP contribution in [0.5, 0.6) is 0 Å². The van der Waals surface area contributed by atoms with Gasteiger partial charge in [-0.25, -0.2) is 4.39 Å². The Balaban J connectivity index is 2.40. The molecule has 0 spiro atoms. The summed E-state index contributed by atoms with van der Waals surface area (Å²) in [5.41, 5.74) is 0.516. The van der Waals surface area contributed by atoms with Gasteiger partial charge in [-0.3, -0.25) is 0 Å². The topological polar surface area (TPSA) is 18.5 Å². The van der Waals surface area contributed by atoms with E-state index in [1.54, 1.807) is 6.07 Å². The average Bonchev–Trinajstić information content (AvgIpc) is 2.48. The molecule has 1 saturated heterocycles. The van der Waals surface area contributed by atoms with Gasteiger partial charge in [-0.1, -0.05) is 12.1 Å². The molecule has 1 fully saturated rings. The molecule has 1 aliphatic rings. The molecule has 19 heavy (non-hydrogen) atoms. The van der Waals surface area contributed by atoms with Crippen molar-refractivity contribution in [1.82, 2.24) is 0 Å². The fourth-order valence-corrected chi connectivity index (χ4v) is 2.76. The van der Waals surface area contributed by atoms with Crippen molar-refractivity contribution in [2.45, 2.75) is 50.7 Å². The van der Waals surface area contributed by atoms with Gasteiger partial charge in [0.2, 0.25) is 0 Å². The lowest BCUT2D eigenvalue weighted by Gasteiger charge is -2.32. The maximum atomic E-state index is 14.5. The summed E-state index contributed by atoms with van der Waals surface area (Å²) >= 11 is 1.41. The summed E-state index contributed by atoms with van der Waals surface area (Å²) < 4.78 is 26.3. The van der Waals surface area contributed by atoms with Crippen molar-refractivity contribution in [2.24, 2.45) is 0 Å². The van der Waals surface area contributed by atoms with Crippen molar-refractivity contribution in [3.8, 4) is 0 Å². The molecule has 0 aliphatic carbocycles. The number of hydrogen-bond donors (Lipinski definition) is 0. The summed E-state index contributed by atoms with van der Waals surface area (Å²) in [6.07, 6.45) is 1.87. The Bertz CT molecular complexity index is 486. The molecule has 1 aromatic rings. The van der Waals surface area contributed by atoms with E-state index in [0.29, 0.717) is 10.4 Å². The summed E-state index contributed by atoms with van der Waals surface area (Å²) in [4.78, 5) is 0.659. The SMILES string of the molecule is CSc1c(C)ccc(B2OC(C)(C)C(C)(C)O2)c1F. The lowest BCUT2D eigenvalue weighted by Crippen LogP contribution is -2.41. The smallest absolute Gasteiger partial charge is 0.399 e. The van der Waals surface area contributed by atoms with Crippen LogP contribution >= 0.6 is 11.8 Å². The Hall–Kier alpha value is -0.515. The predicted molar refractivity (Wildman–Crippen MR) is 78.6 cm³/mol. The highest BCUT2D eigenvalue weighted by atomic mass is 32.2. The zero-order chi connectivity index (χ0) is 14.4. The van der Waals surface area contributed by atoms with Crippen LogP contribution in [0.1, 0.15) is 33.3 Å². The Labute approximate surface area is 119 Å². The van der Waals surface area contributed by atoms with Crippen molar-refractivity contribution < 1.29 is 13.7 Å². The van der Waals surface area contributed by atoms with Crippen molar-refractivity contribution >= 4 is 24.3 Å². The Kier molecular flexibility index (Phi) is 3.76. The number of halogens is 1. The molecule has 2 nitrogen and oxygen atoms in total. The molecule has 2 rings (SSSR count). The Morgan fingerprint density at radius 1 is 1.11 bits per heavy atom. The summed E-state index contributed by atoms with van der Waals surface area (Å²) in [5, 5.41) is 0. The number of rotatable bonds is 2. The molecule has 0 saturated carbocycles. The van der Waals surface area contributed by atoms with Gasteiger partial charge in [0.15, 0.2) is 0 Å². The Morgan fingerprint density at radius 2 is 1.63 bits per heavy atom. The standard InChI is InChI=1S/C14H20BFO2S/c1-9-7-8-10(11(16)12(9)19-6)15-17-13(2,3)14(4,5)18-15/h7-8H,1-6H3. The van der Waals surface area contributed by atoms with Gasteiger partial charge in [0.25, 0.3) is 0 Å². The van der Waals surface area contributed by atoms with Gasteiger partial charge in [0, 0.05) is 10.4 Å². The van der Waals surface area contributed by atoms with Crippen LogP contribution in [0.15, 0.2) is 17.0 Å². The average molecular weight is 282 g/mol. The molecule has 1 aromatic carbocycles. The molecule has 5 heteroatoms. The van der Waals surface area contributed by atoms with Gasteiger partial charge < -0.3 is 9.31 Å². The van der Waals surface area contributed by atoms with Gasteiger partial charge >= 0.3 is 7.12 Å². The second-order valence-corrected chi connectivity index (χ2v) is 6.72. The maximum absolute atomic E-state index is 14.5. The summed E-state index contributed by atoms with van der Waals surface area (Å²) in [6.45, 7) is 9.77. The highest BCUT2D eigenvalue weighted by molar-refractivity contribution is 7.98. The van der Waals surface area contributed by atoms with E-state index in [1.165, 1.54) is 11.8 Å². The van der Waals surface area contributed by atoms with Gasteiger partial charge in [-0.15, -0.1) is 11.8 Å². The van der Waals surface area contributed by atoms with Crippen LogP contribution in [0, 0.1) is 12.7 Å². The largest absolute Gasteiger partial charge is 0.497 e. The summed E-state index contributed by atoms with van der Waals surface area (Å²) in [5.74, 6) is -0.231. The van der Waals surface area contributed by atoms with Crippen molar-refractivity contribution in [3.05, 3.63) is 23.5 Å². The molecule has 0 atom stereocenters. The van der Waals surface area contributed by atoms with Crippen LogP contribution in [0.25, 0.3) is 0 Å². The van der Waals surface area contributed by atoms with E-state index in [1.807, 2.05) is 46.9 Å². The zero-order valence-electron chi connectivity index (χ0n) is 12.3. The van der Waals surface area contributed by atoms with Crippen molar-refractivity contribution in [1.29, 1.82) is 0 Å². The van der Waals surface area contributed by atoms with Crippen LogP contribution in [-0.2, 0) is 9.31 Å². The van der Waals surface area contributed by atoms with E-state index >= 15 is 0 Å². The molecule has 1 aliphatic heterocycles. The first-order chi connectivity index (χ1) is 8.69. The molecule has 1 heterocycles. The van der Waals surface area contributed by atoms with E-state index in [-0.39, 0.29) is 5.82 Å². The van der Waals surface area contributed by atoms with E-state index in [2.05, 4.69) is 0 Å². The van der Waals surface area contributed by atoms with Gasteiger partial charge in [0.05, 0.1) is 11.2 Å².